The van der Waals surface area contributed by atoms with Crippen molar-refractivity contribution < 1.29 is 19.5 Å². The van der Waals surface area contributed by atoms with Gasteiger partial charge in [0.1, 0.15) is 17.7 Å². The van der Waals surface area contributed by atoms with Gasteiger partial charge in [-0.2, -0.15) is 0 Å². The van der Waals surface area contributed by atoms with Crippen LogP contribution in [0.15, 0.2) is 17.5 Å². The lowest BCUT2D eigenvalue weighted by Gasteiger charge is -2.40. The Bertz CT molecular complexity index is 774. The van der Waals surface area contributed by atoms with Crippen molar-refractivity contribution in [2.24, 2.45) is 11.3 Å². The smallest absolute Gasteiger partial charge is 0.325 e. The van der Waals surface area contributed by atoms with Crippen LogP contribution in [-0.4, -0.2) is 46.5 Å². The molecule has 1 aromatic rings. The Morgan fingerprint density at radius 1 is 1.31 bits per heavy atom. The highest BCUT2D eigenvalue weighted by atomic mass is 32.1. The first-order chi connectivity index (χ1) is 13.4. The van der Waals surface area contributed by atoms with Gasteiger partial charge >= 0.3 is 6.03 Å². The SMILES string of the molecule is CC(C)(C)C1CCC2(CC1)NC(=O)N(CC(=O)NC[C@@](C)(O)c1cccs1)C2=O. The molecule has 0 unspecified atom stereocenters. The summed E-state index contributed by atoms with van der Waals surface area (Å²) in [6, 6.07) is 3.12. The third-order valence-electron chi connectivity index (χ3n) is 6.29. The van der Waals surface area contributed by atoms with Crippen LogP contribution in [0.5, 0.6) is 0 Å². The molecule has 3 rings (SSSR count). The zero-order valence-corrected chi connectivity index (χ0v) is 18.4. The number of thiophene rings is 1. The van der Waals surface area contributed by atoms with Gasteiger partial charge in [-0.3, -0.25) is 14.5 Å². The zero-order valence-electron chi connectivity index (χ0n) is 17.6. The normalized spacial score (nSPS) is 27.1. The largest absolute Gasteiger partial charge is 0.383 e. The number of hydrogen-bond acceptors (Lipinski definition) is 5. The van der Waals surface area contributed by atoms with Crippen molar-refractivity contribution in [1.29, 1.82) is 0 Å². The molecule has 3 N–H and O–H groups in total. The minimum absolute atomic E-state index is 0.00834. The molecule has 1 aliphatic heterocycles. The predicted octanol–water partition coefficient (Wildman–Crippen LogP) is 2.60. The van der Waals surface area contributed by atoms with E-state index in [1.54, 1.807) is 13.0 Å². The minimum atomic E-state index is -1.20. The fourth-order valence-electron chi connectivity index (χ4n) is 4.28. The van der Waals surface area contributed by atoms with Crippen LogP contribution in [0, 0.1) is 11.3 Å². The first kappa shape index (κ1) is 21.8. The van der Waals surface area contributed by atoms with E-state index in [2.05, 4.69) is 31.4 Å². The van der Waals surface area contributed by atoms with Gasteiger partial charge < -0.3 is 15.7 Å². The molecular formula is C21H31N3O4S. The van der Waals surface area contributed by atoms with Gasteiger partial charge in [-0.15, -0.1) is 11.3 Å². The van der Waals surface area contributed by atoms with E-state index in [9.17, 15) is 19.5 Å². The monoisotopic (exact) mass is 421 g/mol. The molecule has 2 aliphatic rings. The van der Waals surface area contributed by atoms with Gasteiger partial charge in [-0.1, -0.05) is 26.8 Å². The molecule has 1 aromatic heterocycles. The summed E-state index contributed by atoms with van der Waals surface area (Å²) < 4.78 is 0. The van der Waals surface area contributed by atoms with Crippen molar-refractivity contribution in [2.45, 2.75) is 64.5 Å². The van der Waals surface area contributed by atoms with Crippen molar-refractivity contribution in [1.82, 2.24) is 15.5 Å². The lowest BCUT2D eigenvalue weighted by molar-refractivity contribution is -0.136. The number of carbonyl (C=O) groups excluding carboxylic acids is 3. The van der Waals surface area contributed by atoms with Gasteiger partial charge in [0.25, 0.3) is 5.91 Å². The quantitative estimate of drug-likeness (QED) is 0.637. The Morgan fingerprint density at radius 2 is 1.97 bits per heavy atom. The van der Waals surface area contributed by atoms with E-state index in [1.165, 1.54) is 11.3 Å². The molecule has 8 heteroatoms. The topological polar surface area (TPSA) is 98.7 Å². The zero-order chi connectivity index (χ0) is 21.4. The van der Waals surface area contributed by atoms with Gasteiger partial charge in [0, 0.05) is 4.88 Å². The first-order valence-electron chi connectivity index (χ1n) is 10.1. The number of rotatable bonds is 5. The number of hydrogen-bond donors (Lipinski definition) is 3. The summed E-state index contributed by atoms with van der Waals surface area (Å²) in [6.07, 6.45) is 2.95. The maximum absolute atomic E-state index is 13.0. The second kappa shape index (κ2) is 7.72. The molecule has 4 amide bonds. The van der Waals surface area contributed by atoms with E-state index in [0.29, 0.717) is 18.8 Å². The van der Waals surface area contributed by atoms with E-state index in [0.717, 1.165) is 22.6 Å². The van der Waals surface area contributed by atoms with Crippen LogP contribution in [0.25, 0.3) is 0 Å². The number of carbonyl (C=O) groups is 3. The maximum atomic E-state index is 13.0. The summed E-state index contributed by atoms with van der Waals surface area (Å²) in [4.78, 5) is 39.5. The number of amides is 4. The maximum Gasteiger partial charge on any atom is 0.325 e. The molecule has 0 bridgehead atoms. The Balaban J connectivity index is 1.57. The van der Waals surface area contributed by atoms with E-state index >= 15 is 0 Å². The van der Waals surface area contributed by atoms with Gasteiger partial charge in [-0.25, -0.2) is 4.79 Å². The van der Waals surface area contributed by atoms with Crippen LogP contribution in [0.1, 0.15) is 58.3 Å². The summed E-state index contributed by atoms with van der Waals surface area (Å²) in [7, 11) is 0. The number of aliphatic hydroxyl groups is 1. The summed E-state index contributed by atoms with van der Waals surface area (Å²) in [6.45, 7) is 7.89. The Morgan fingerprint density at radius 3 is 2.52 bits per heavy atom. The number of imide groups is 1. The van der Waals surface area contributed by atoms with Crippen LogP contribution in [0.4, 0.5) is 4.79 Å². The van der Waals surface area contributed by atoms with E-state index in [-0.39, 0.29) is 24.4 Å². The predicted molar refractivity (Wildman–Crippen MR) is 111 cm³/mol. The molecule has 1 spiro atoms. The summed E-state index contributed by atoms with van der Waals surface area (Å²) in [5.41, 5.74) is -1.90. The molecule has 1 atom stereocenters. The average Bonchev–Trinajstić information content (AvgIpc) is 3.25. The molecule has 0 radical (unpaired) electrons. The molecule has 1 saturated carbocycles. The third kappa shape index (κ3) is 4.48. The molecule has 1 saturated heterocycles. The highest BCUT2D eigenvalue weighted by molar-refractivity contribution is 7.10. The molecule has 29 heavy (non-hydrogen) atoms. The fourth-order valence-corrected chi connectivity index (χ4v) is 5.06. The van der Waals surface area contributed by atoms with Crippen LogP contribution in [0.3, 0.4) is 0 Å². The molecule has 2 fully saturated rings. The average molecular weight is 422 g/mol. The highest BCUT2D eigenvalue weighted by Crippen LogP contribution is 2.43. The van der Waals surface area contributed by atoms with Crippen LogP contribution in [0.2, 0.25) is 0 Å². The lowest BCUT2D eigenvalue weighted by Crippen LogP contribution is -2.51. The van der Waals surface area contributed by atoms with Crippen molar-refractivity contribution in [3.63, 3.8) is 0 Å². The summed E-state index contributed by atoms with van der Waals surface area (Å²) in [5, 5.41) is 17.9. The van der Waals surface area contributed by atoms with E-state index in [1.807, 2.05) is 11.4 Å². The molecule has 1 aliphatic carbocycles. The standard InChI is InChI=1S/C21H31N3O4S/c1-19(2,3)14-7-9-21(10-8-14)17(26)24(18(27)23-21)12-16(25)22-13-20(4,28)15-6-5-11-29-15/h5-6,11,14,28H,7-10,12-13H2,1-4H3,(H,22,25)(H,23,27)/t14?,20-,21?/m1/s1. The van der Waals surface area contributed by atoms with Crippen molar-refractivity contribution in [2.75, 3.05) is 13.1 Å². The molecule has 2 heterocycles. The second-order valence-electron chi connectivity index (χ2n) is 9.57. The number of nitrogens with zero attached hydrogens (tertiary/aromatic N) is 1. The van der Waals surface area contributed by atoms with Crippen LogP contribution < -0.4 is 10.6 Å². The van der Waals surface area contributed by atoms with E-state index in [4.69, 9.17) is 0 Å². The first-order valence-corrected chi connectivity index (χ1v) is 11.0. The Kier molecular flexibility index (Phi) is 5.80. The highest BCUT2D eigenvalue weighted by Gasteiger charge is 2.53. The molecule has 7 nitrogen and oxygen atoms in total. The summed E-state index contributed by atoms with van der Waals surface area (Å²) >= 11 is 1.40. The second-order valence-corrected chi connectivity index (χ2v) is 10.5. The van der Waals surface area contributed by atoms with Crippen molar-refractivity contribution in [3.05, 3.63) is 22.4 Å². The van der Waals surface area contributed by atoms with Crippen LogP contribution in [-0.2, 0) is 15.2 Å². The molecular weight excluding hydrogens is 390 g/mol. The fraction of sp³-hybridized carbons (Fsp3) is 0.667. The minimum Gasteiger partial charge on any atom is -0.383 e. The summed E-state index contributed by atoms with van der Waals surface area (Å²) in [5.74, 6) is -0.268. The number of urea groups is 1. The van der Waals surface area contributed by atoms with E-state index < -0.39 is 23.1 Å². The molecule has 160 valence electrons. The van der Waals surface area contributed by atoms with Crippen molar-refractivity contribution in [3.8, 4) is 0 Å². The van der Waals surface area contributed by atoms with Crippen LogP contribution >= 0.6 is 11.3 Å². The van der Waals surface area contributed by atoms with Gasteiger partial charge in [0.05, 0.1) is 6.54 Å². The van der Waals surface area contributed by atoms with Crippen molar-refractivity contribution >= 4 is 29.2 Å². The number of nitrogens with one attached hydrogen (secondary N) is 2. The third-order valence-corrected chi connectivity index (χ3v) is 7.42. The Hall–Kier alpha value is -1.93. The van der Waals surface area contributed by atoms with Gasteiger partial charge in [0.15, 0.2) is 0 Å². The van der Waals surface area contributed by atoms with Gasteiger partial charge in [0.2, 0.25) is 5.91 Å². The van der Waals surface area contributed by atoms with Gasteiger partial charge in [-0.05, 0) is 55.4 Å². The lowest BCUT2D eigenvalue weighted by atomic mass is 9.67. The molecule has 0 aromatic carbocycles. The Labute approximate surface area is 175 Å².